The number of hydrogen-bond acceptors (Lipinski definition) is 3. The predicted molar refractivity (Wildman–Crippen MR) is 100 cm³/mol. The average molecular weight is 332 g/mol. The summed E-state index contributed by atoms with van der Waals surface area (Å²) in [6, 6.07) is 10.4. The lowest BCUT2D eigenvalue weighted by Gasteiger charge is -2.35. The Labute approximate surface area is 146 Å². The third-order valence-corrected chi connectivity index (χ3v) is 4.11. The minimum absolute atomic E-state index is 0.339. The first-order chi connectivity index (χ1) is 11.5. The first-order valence-corrected chi connectivity index (χ1v) is 8.92. The molecule has 2 unspecified atom stereocenters. The highest BCUT2D eigenvalue weighted by Crippen LogP contribution is 2.10. The second-order valence-corrected chi connectivity index (χ2v) is 6.82. The van der Waals surface area contributed by atoms with Crippen molar-refractivity contribution in [1.29, 1.82) is 0 Å². The van der Waals surface area contributed by atoms with Crippen molar-refractivity contribution in [3.05, 3.63) is 35.9 Å². The quantitative estimate of drug-likeness (QED) is 0.492. The van der Waals surface area contributed by atoms with E-state index in [0.29, 0.717) is 18.8 Å². The highest BCUT2D eigenvalue weighted by atomic mass is 16.5. The Morgan fingerprint density at radius 1 is 1.21 bits per heavy atom. The summed E-state index contributed by atoms with van der Waals surface area (Å²) in [7, 11) is 4.06. The molecule has 2 atom stereocenters. The Kier molecular flexibility index (Phi) is 7.53. The number of nitrogens with one attached hydrogen (secondary N) is 1. The fourth-order valence-electron chi connectivity index (χ4n) is 3.07. The molecule has 24 heavy (non-hydrogen) atoms. The molecule has 5 nitrogen and oxygen atoms in total. The van der Waals surface area contributed by atoms with Gasteiger partial charge in [0.15, 0.2) is 5.96 Å². The Bertz CT molecular complexity index is 493. The number of ether oxygens (including phenoxy) is 1. The number of nitrogens with zero attached hydrogens (tertiary/aromatic N) is 3. The first kappa shape index (κ1) is 18.7. The monoisotopic (exact) mass is 332 g/mol. The third kappa shape index (κ3) is 6.49. The van der Waals surface area contributed by atoms with E-state index in [1.54, 1.807) is 0 Å². The zero-order valence-electron chi connectivity index (χ0n) is 15.5. The van der Waals surface area contributed by atoms with Gasteiger partial charge in [0.1, 0.15) is 0 Å². The number of guanidine groups is 1. The van der Waals surface area contributed by atoms with Crippen LogP contribution in [0, 0.1) is 0 Å². The summed E-state index contributed by atoms with van der Waals surface area (Å²) < 4.78 is 5.78. The maximum atomic E-state index is 5.78. The number of aliphatic imine (C=N–C) groups is 1. The second-order valence-electron chi connectivity index (χ2n) is 6.82. The normalized spacial score (nSPS) is 22.4. The molecule has 0 radical (unpaired) electrons. The molecule has 5 heteroatoms. The van der Waals surface area contributed by atoms with Gasteiger partial charge in [0.05, 0.1) is 18.8 Å². The molecular weight excluding hydrogens is 300 g/mol. The van der Waals surface area contributed by atoms with Gasteiger partial charge in [-0.15, -0.1) is 0 Å². The van der Waals surface area contributed by atoms with E-state index in [0.717, 1.165) is 38.6 Å². The Morgan fingerprint density at radius 2 is 1.88 bits per heavy atom. The minimum atomic E-state index is 0.339. The van der Waals surface area contributed by atoms with Gasteiger partial charge in [-0.25, -0.2) is 4.99 Å². The smallest absolute Gasteiger partial charge is 0.193 e. The largest absolute Gasteiger partial charge is 0.373 e. The number of hydrogen-bond donors (Lipinski definition) is 1. The van der Waals surface area contributed by atoms with Gasteiger partial charge in [-0.1, -0.05) is 30.3 Å². The van der Waals surface area contributed by atoms with Gasteiger partial charge < -0.3 is 15.0 Å². The molecule has 1 fully saturated rings. The Balaban J connectivity index is 1.73. The fraction of sp³-hybridized carbons (Fsp3) is 0.632. The van der Waals surface area contributed by atoms with Crippen LogP contribution in [0.5, 0.6) is 0 Å². The van der Waals surface area contributed by atoms with E-state index in [9.17, 15) is 0 Å². The van der Waals surface area contributed by atoms with Gasteiger partial charge >= 0.3 is 0 Å². The van der Waals surface area contributed by atoms with Crippen LogP contribution in [0.3, 0.4) is 0 Å². The van der Waals surface area contributed by atoms with Crippen molar-refractivity contribution in [2.75, 3.05) is 40.3 Å². The molecule has 0 bridgehead atoms. The summed E-state index contributed by atoms with van der Waals surface area (Å²) in [6.07, 6.45) is 1.79. The average Bonchev–Trinajstić information content (AvgIpc) is 2.54. The predicted octanol–water partition coefficient (Wildman–Crippen LogP) is 2.19. The number of rotatable bonds is 6. The minimum Gasteiger partial charge on any atom is -0.373 e. The summed E-state index contributed by atoms with van der Waals surface area (Å²) >= 11 is 0. The molecule has 1 heterocycles. The van der Waals surface area contributed by atoms with Crippen LogP contribution >= 0.6 is 0 Å². The van der Waals surface area contributed by atoms with Crippen LogP contribution in [0.2, 0.25) is 0 Å². The van der Waals surface area contributed by atoms with Crippen LogP contribution in [-0.2, 0) is 11.3 Å². The van der Waals surface area contributed by atoms with Gasteiger partial charge in [-0.05, 0) is 25.8 Å². The van der Waals surface area contributed by atoms with Crippen LogP contribution in [-0.4, -0.2) is 68.2 Å². The van der Waals surface area contributed by atoms with E-state index < -0.39 is 0 Å². The van der Waals surface area contributed by atoms with E-state index in [1.807, 2.05) is 25.1 Å². The van der Waals surface area contributed by atoms with E-state index in [2.05, 4.69) is 48.3 Å². The summed E-state index contributed by atoms with van der Waals surface area (Å²) in [6.45, 7) is 9.12. The van der Waals surface area contributed by atoms with E-state index in [1.165, 1.54) is 5.56 Å². The van der Waals surface area contributed by atoms with Gasteiger partial charge in [0.25, 0.3) is 0 Å². The van der Waals surface area contributed by atoms with Crippen molar-refractivity contribution in [3.8, 4) is 0 Å². The lowest BCUT2D eigenvalue weighted by molar-refractivity contribution is -0.0679. The lowest BCUT2D eigenvalue weighted by atomic mass is 10.2. The van der Waals surface area contributed by atoms with Crippen molar-refractivity contribution in [3.63, 3.8) is 0 Å². The highest BCUT2D eigenvalue weighted by molar-refractivity contribution is 5.79. The molecular formula is C19H32N4O. The highest BCUT2D eigenvalue weighted by Gasteiger charge is 2.21. The molecule has 0 spiro atoms. The van der Waals surface area contributed by atoms with E-state index in [-0.39, 0.29) is 0 Å². The summed E-state index contributed by atoms with van der Waals surface area (Å²) in [5.41, 5.74) is 1.23. The Morgan fingerprint density at radius 3 is 2.50 bits per heavy atom. The maximum Gasteiger partial charge on any atom is 0.193 e. The van der Waals surface area contributed by atoms with Crippen molar-refractivity contribution in [2.24, 2.45) is 4.99 Å². The van der Waals surface area contributed by atoms with E-state index >= 15 is 0 Å². The van der Waals surface area contributed by atoms with Gasteiger partial charge in [-0.3, -0.25) is 4.90 Å². The second kappa shape index (κ2) is 9.64. The fourth-order valence-corrected chi connectivity index (χ4v) is 3.07. The Hall–Kier alpha value is -1.59. The molecule has 1 N–H and O–H groups in total. The number of morpholine rings is 1. The van der Waals surface area contributed by atoms with Crippen LogP contribution in [0.15, 0.2) is 35.3 Å². The summed E-state index contributed by atoms with van der Waals surface area (Å²) in [4.78, 5) is 9.24. The van der Waals surface area contributed by atoms with Crippen molar-refractivity contribution < 1.29 is 4.74 Å². The lowest BCUT2D eigenvalue weighted by Crippen LogP contribution is -2.46. The SMILES string of the molecule is CC1CN(CCCNC(=NCc2ccccc2)N(C)C)CC(C)O1. The summed E-state index contributed by atoms with van der Waals surface area (Å²) in [5.74, 6) is 0.947. The van der Waals surface area contributed by atoms with Gasteiger partial charge in [0, 0.05) is 40.3 Å². The van der Waals surface area contributed by atoms with Gasteiger partial charge in [0.2, 0.25) is 0 Å². The molecule has 2 rings (SSSR count). The molecule has 0 amide bonds. The maximum absolute atomic E-state index is 5.78. The molecule has 1 aromatic carbocycles. The third-order valence-electron chi connectivity index (χ3n) is 4.11. The molecule has 1 aromatic rings. The van der Waals surface area contributed by atoms with Crippen molar-refractivity contribution >= 4 is 5.96 Å². The molecule has 134 valence electrons. The summed E-state index contributed by atoms with van der Waals surface area (Å²) in [5, 5.41) is 3.47. The number of benzene rings is 1. The topological polar surface area (TPSA) is 40.1 Å². The molecule has 0 aromatic heterocycles. The zero-order chi connectivity index (χ0) is 17.4. The molecule has 1 aliphatic heterocycles. The molecule has 1 saturated heterocycles. The van der Waals surface area contributed by atoms with Crippen LogP contribution < -0.4 is 5.32 Å². The van der Waals surface area contributed by atoms with Crippen LogP contribution in [0.1, 0.15) is 25.8 Å². The van der Waals surface area contributed by atoms with Crippen LogP contribution in [0.25, 0.3) is 0 Å². The first-order valence-electron chi connectivity index (χ1n) is 8.92. The molecule has 0 saturated carbocycles. The zero-order valence-corrected chi connectivity index (χ0v) is 15.5. The van der Waals surface area contributed by atoms with E-state index in [4.69, 9.17) is 9.73 Å². The van der Waals surface area contributed by atoms with Crippen LogP contribution in [0.4, 0.5) is 0 Å². The standard InChI is InChI=1S/C19H32N4O/c1-16-14-23(15-17(2)24-16)12-8-11-20-19(22(3)4)21-13-18-9-6-5-7-10-18/h5-7,9-10,16-17H,8,11-15H2,1-4H3,(H,20,21). The molecule has 0 aliphatic carbocycles. The molecule has 1 aliphatic rings. The van der Waals surface area contributed by atoms with Crippen molar-refractivity contribution in [1.82, 2.24) is 15.1 Å². The van der Waals surface area contributed by atoms with Gasteiger partial charge in [-0.2, -0.15) is 0 Å². The van der Waals surface area contributed by atoms with Crippen molar-refractivity contribution in [2.45, 2.75) is 39.0 Å².